The molecule has 4 aromatic heterocycles. The summed E-state index contributed by atoms with van der Waals surface area (Å²) in [5.74, 6) is 2.29. The van der Waals surface area contributed by atoms with E-state index in [1.165, 1.54) is 42.7 Å². The monoisotopic (exact) mass is 1160 g/mol. The Kier molecular flexibility index (Phi) is 19.3. The minimum atomic E-state index is -3.90. The van der Waals surface area contributed by atoms with Crippen molar-refractivity contribution in [3.63, 3.8) is 0 Å². The first kappa shape index (κ1) is 61.9. The average molecular weight is 1160 g/mol. The summed E-state index contributed by atoms with van der Waals surface area (Å²) < 4.78 is 92.4. The molecule has 0 saturated carbocycles. The molecule has 0 radical (unpaired) electrons. The number of ether oxygens (including phenoxy) is 6. The van der Waals surface area contributed by atoms with Gasteiger partial charge in [0.05, 0.1) is 50.1 Å². The Morgan fingerprint density at radius 1 is 0.488 bits per heavy atom. The van der Waals surface area contributed by atoms with Crippen LogP contribution in [0.15, 0.2) is 110 Å². The number of aliphatic hydroxyl groups is 2. The summed E-state index contributed by atoms with van der Waals surface area (Å²) in [5.41, 5.74) is 2.88. The smallest absolute Gasteiger partial charge is 0.168 e. The molecule has 0 spiro atoms. The Morgan fingerprint density at radius 2 is 0.793 bits per heavy atom. The third-order valence-electron chi connectivity index (χ3n) is 13.6. The zero-order valence-electron chi connectivity index (χ0n) is 48.4. The Bertz CT molecular complexity index is 3430. The Labute approximate surface area is 478 Å². The summed E-state index contributed by atoms with van der Waals surface area (Å²) in [4.78, 5) is 17.1. The lowest BCUT2D eigenvalue weighted by Gasteiger charge is -2.22. The third-order valence-corrected chi connectivity index (χ3v) is 17.7. The Morgan fingerprint density at radius 3 is 1.07 bits per heavy atom. The summed E-state index contributed by atoms with van der Waals surface area (Å²) in [6.07, 6.45) is 4.67. The predicted octanol–water partition coefficient (Wildman–Crippen LogP) is 7.94. The predicted molar refractivity (Wildman–Crippen MR) is 307 cm³/mol. The van der Waals surface area contributed by atoms with Gasteiger partial charge in [0.15, 0.2) is 54.6 Å². The van der Waals surface area contributed by atoms with E-state index in [-0.39, 0.29) is 23.3 Å². The van der Waals surface area contributed by atoms with Crippen molar-refractivity contribution in [1.82, 2.24) is 49.5 Å². The molecule has 82 heavy (non-hydrogen) atoms. The highest BCUT2D eigenvalue weighted by Gasteiger charge is 2.37. The van der Waals surface area contributed by atoms with E-state index in [2.05, 4.69) is 40.3 Å². The first-order valence-electron chi connectivity index (χ1n) is 25.9. The molecular weight excluding hydrogens is 1090 g/mol. The molecular formula is C58H70N10O12S2. The average Bonchev–Trinajstić information content (AvgIpc) is 4.25. The summed E-state index contributed by atoms with van der Waals surface area (Å²) in [6.45, 7) is 13.6. The number of hydrogen-bond donors (Lipinski definition) is 2. The molecule has 0 aliphatic carbocycles. The number of hydrogen-bond acceptors (Lipinski definition) is 20. The number of methoxy groups -OCH3 is 6. The van der Waals surface area contributed by atoms with Crippen molar-refractivity contribution in [3.8, 4) is 57.1 Å². The molecule has 0 fully saturated rings. The van der Waals surface area contributed by atoms with Crippen LogP contribution in [0, 0.1) is 13.8 Å². The van der Waals surface area contributed by atoms with E-state index in [9.17, 15) is 27.0 Å². The van der Waals surface area contributed by atoms with Gasteiger partial charge < -0.3 is 38.6 Å². The van der Waals surface area contributed by atoms with Crippen LogP contribution in [0.2, 0.25) is 0 Å². The zero-order chi connectivity index (χ0) is 59.9. The number of rotatable bonds is 22. The summed E-state index contributed by atoms with van der Waals surface area (Å²) in [7, 11) is 1.10. The van der Waals surface area contributed by atoms with Gasteiger partial charge in [-0.15, -0.1) is 20.4 Å². The van der Waals surface area contributed by atoms with E-state index in [1.807, 2.05) is 26.0 Å². The summed E-state index contributed by atoms with van der Waals surface area (Å²) >= 11 is 0. The molecule has 24 heteroatoms. The van der Waals surface area contributed by atoms with Crippen LogP contribution in [-0.2, 0) is 51.9 Å². The second-order valence-corrected chi connectivity index (χ2v) is 25.1. The molecule has 8 rings (SSSR count). The van der Waals surface area contributed by atoms with Crippen LogP contribution in [0.5, 0.6) is 23.0 Å². The molecule has 22 nitrogen and oxygen atoms in total. The molecule has 4 aromatic carbocycles. The van der Waals surface area contributed by atoms with Gasteiger partial charge in [-0.1, -0.05) is 48.5 Å². The van der Waals surface area contributed by atoms with Gasteiger partial charge in [0.2, 0.25) is 0 Å². The topological polar surface area (TPSA) is 277 Å². The summed E-state index contributed by atoms with van der Waals surface area (Å²) in [5, 5.41) is 36.7. The van der Waals surface area contributed by atoms with Crippen molar-refractivity contribution in [2.45, 2.75) is 101 Å². The van der Waals surface area contributed by atoms with Crippen LogP contribution in [0.1, 0.15) is 99.3 Å². The van der Waals surface area contributed by atoms with E-state index >= 15 is 0 Å². The normalized spacial score (nSPS) is 13.6. The quantitative estimate of drug-likeness (QED) is 0.0651. The maximum atomic E-state index is 13.9. The van der Waals surface area contributed by atoms with Gasteiger partial charge in [-0.3, -0.25) is 9.13 Å². The lowest BCUT2D eigenvalue weighted by Crippen LogP contribution is -2.30. The Balaban J connectivity index is 0.000000236. The van der Waals surface area contributed by atoms with E-state index in [4.69, 9.17) is 28.4 Å². The van der Waals surface area contributed by atoms with Gasteiger partial charge >= 0.3 is 0 Å². The molecule has 0 bridgehead atoms. The number of aryl methyl sites for hydroxylation is 2. The van der Waals surface area contributed by atoms with E-state index in [1.54, 1.807) is 148 Å². The second-order valence-electron chi connectivity index (χ2n) is 20.4. The third kappa shape index (κ3) is 13.6. The van der Waals surface area contributed by atoms with Crippen LogP contribution in [-0.4, -0.2) is 130 Å². The molecule has 8 aromatic rings. The van der Waals surface area contributed by atoms with E-state index in [0.29, 0.717) is 68.3 Å². The molecule has 0 saturated heterocycles. The Hall–Kier alpha value is -7.74. The standard InChI is InChI=1S/2C29H35N5O6S/c2*1-18-15-30-27(31-16-18)26(40-7)19(2)41(36,37)17-24-32-33-28(20-10-8-11-21(14-20)29(3,4)35)34(24)25-22(38-5)12-9-13-23(25)39-6/h2*8-16,19,26,35H,17H2,1-7H3/t2*19-,26-/m00/s1. The van der Waals surface area contributed by atoms with Gasteiger partial charge in [-0.05, 0) is 114 Å². The first-order valence-corrected chi connectivity index (χ1v) is 29.3. The molecule has 4 heterocycles. The van der Waals surface area contributed by atoms with Crippen molar-refractivity contribution in [2.75, 3.05) is 42.7 Å². The molecule has 0 aliphatic heterocycles. The van der Waals surface area contributed by atoms with Gasteiger partial charge in [0.25, 0.3) is 0 Å². The SMILES string of the molecule is COc1cccc(OC)c1-n1c(CS(=O)(=O)[C@@H](C)[C@H](OC)c2ncc(C)cn2)nnc1-c1cccc(C(C)(C)O)c1.COc1cccc(OC)c1-n1c(CS(=O)(=O)[C@@H](C)[C@H](OC)c2ncc(C)cn2)nnc1-c1cccc(C(C)(C)O)c1. The van der Waals surface area contributed by atoms with Crippen LogP contribution >= 0.6 is 0 Å². The largest absolute Gasteiger partial charge is 0.494 e. The van der Waals surface area contributed by atoms with Crippen molar-refractivity contribution in [2.24, 2.45) is 0 Å². The lowest BCUT2D eigenvalue weighted by atomic mass is 9.96. The lowest BCUT2D eigenvalue weighted by molar-refractivity contribution is 0.0781. The van der Waals surface area contributed by atoms with Gasteiger partial charge in [0.1, 0.15) is 58.1 Å². The van der Waals surface area contributed by atoms with Crippen LogP contribution < -0.4 is 18.9 Å². The molecule has 0 unspecified atom stereocenters. The van der Waals surface area contributed by atoms with Crippen LogP contribution in [0.25, 0.3) is 34.2 Å². The number of aromatic nitrogens is 10. The molecule has 0 amide bonds. The van der Waals surface area contributed by atoms with E-state index in [0.717, 1.165) is 11.1 Å². The maximum absolute atomic E-state index is 13.9. The number of sulfone groups is 2. The maximum Gasteiger partial charge on any atom is 0.168 e. The van der Waals surface area contributed by atoms with Crippen molar-refractivity contribution in [3.05, 3.63) is 155 Å². The first-order chi connectivity index (χ1) is 38.8. The fourth-order valence-electron chi connectivity index (χ4n) is 8.96. The molecule has 436 valence electrons. The highest BCUT2D eigenvalue weighted by molar-refractivity contribution is 7.91. The highest BCUT2D eigenvalue weighted by atomic mass is 32.2. The fourth-order valence-corrected chi connectivity index (χ4v) is 11.8. The second kappa shape index (κ2) is 25.6. The number of para-hydroxylation sites is 2. The van der Waals surface area contributed by atoms with Crippen LogP contribution in [0.4, 0.5) is 0 Å². The molecule has 4 atom stereocenters. The van der Waals surface area contributed by atoms with Crippen molar-refractivity contribution < 1.29 is 55.5 Å². The van der Waals surface area contributed by atoms with Crippen molar-refractivity contribution in [1.29, 1.82) is 0 Å². The molecule has 0 aliphatic rings. The fraction of sp³-hybridized carbons (Fsp3) is 0.379. The number of benzene rings is 4. The summed E-state index contributed by atoms with van der Waals surface area (Å²) in [6, 6.07) is 24.9. The van der Waals surface area contributed by atoms with Gasteiger partial charge in [-0.2, -0.15) is 0 Å². The van der Waals surface area contributed by atoms with Crippen molar-refractivity contribution >= 4 is 19.7 Å². The van der Waals surface area contributed by atoms with Crippen LogP contribution in [0.3, 0.4) is 0 Å². The zero-order valence-corrected chi connectivity index (χ0v) is 50.0. The van der Waals surface area contributed by atoms with E-state index < -0.39 is 65.1 Å². The highest BCUT2D eigenvalue weighted by Crippen LogP contribution is 2.40. The van der Waals surface area contributed by atoms with Gasteiger partial charge in [-0.25, -0.2) is 36.8 Å². The number of nitrogens with zero attached hydrogens (tertiary/aromatic N) is 10. The molecule has 2 N–H and O–H groups in total. The minimum Gasteiger partial charge on any atom is -0.494 e. The minimum absolute atomic E-state index is 0.142. The van der Waals surface area contributed by atoms with Gasteiger partial charge in [0, 0.05) is 50.1 Å².